The number of aliphatic hydroxyl groups is 4. The molecule has 0 radical (unpaired) electrons. The van der Waals surface area contributed by atoms with Crippen molar-refractivity contribution in [1.82, 2.24) is 9.80 Å². The molecule has 0 aliphatic carbocycles. The van der Waals surface area contributed by atoms with E-state index in [9.17, 15) is 30.0 Å². The van der Waals surface area contributed by atoms with E-state index in [0.717, 1.165) is 38.0 Å². The van der Waals surface area contributed by atoms with Gasteiger partial charge in [0.05, 0.1) is 55.2 Å². The van der Waals surface area contributed by atoms with Crippen LogP contribution in [0.3, 0.4) is 0 Å². The SMILES string of the molecule is CCC1OC(=O)CC(O)C(C)C(OC2OC(C)C(OC3CC(C)(O)C(C)C(C)O3)C(N(C)C)C2O)C(CCN2CCCCC2)CC(C)C(=O)/C=C/C(C)=C/C1COC1OC(C)C(O)C(OC)C1OC. The molecule has 69 heavy (non-hydrogen) atoms. The van der Waals surface area contributed by atoms with Crippen molar-refractivity contribution in [2.75, 3.05) is 54.6 Å². The molecule has 5 aliphatic rings. The Kier molecular flexibility index (Phi) is 22.1. The lowest BCUT2D eigenvalue weighted by molar-refractivity contribution is -0.338. The van der Waals surface area contributed by atoms with Crippen LogP contribution >= 0.6 is 0 Å². The minimum Gasteiger partial charge on any atom is -0.462 e. The van der Waals surface area contributed by atoms with Gasteiger partial charge in [0.15, 0.2) is 24.7 Å². The van der Waals surface area contributed by atoms with E-state index in [-0.39, 0.29) is 43.2 Å². The summed E-state index contributed by atoms with van der Waals surface area (Å²) in [6.07, 6.45) is -1.24. The fourth-order valence-electron chi connectivity index (χ4n) is 11.1. The van der Waals surface area contributed by atoms with Gasteiger partial charge in [0, 0.05) is 44.3 Å². The Labute approximate surface area is 412 Å². The van der Waals surface area contributed by atoms with E-state index in [1.165, 1.54) is 20.6 Å². The molecular weight excluding hydrogens is 893 g/mol. The number of carbonyl (C=O) groups excluding carboxylic acids is 2. The van der Waals surface area contributed by atoms with Gasteiger partial charge < -0.3 is 72.9 Å². The molecule has 0 aromatic rings. The lowest BCUT2D eigenvalue weighted by Crippen LogP contribution is -2.65. The van der Waals surface area contributed by atoms with E-state index in [1.54, 1.807) is 26.0 Å². The number of nitrogens with zero attached hydrogens (tertiary/aromatic N) is 2. The Morgan fingerprint density at radius 3 is 2.12 bits per heavy atom. The largest absolute Gasteiger partial charge is 0.462 e. The van der Waals surface area contributed by atoms with E-state index < -0.39 is 115 Å². The average Bonchev–Trinajstić information content (AvgIpc) is 3.30. The van der Waals surface area contributed by atoms with Gasteiger partial charge in [-0.15, -0.1) is 0 Å². The van der Waals surface area contributed by atoms with Crippen LogP contribution in [0.25, 0.3) is 0 Å². The molecule has 21 unspecified atom stereocenters. The van der Waals surface area contributed by atoms with Crippen molar-refractivity contribution in [3.63, 3.8) is 0 Å². The van der Waals surface area contributed by atoms with E-state index in [0.29, 0.717) is 19.3 Å². The number of piperidine rings is 1. The molecular formula is C52H90N2O15. The second kappa shape index (κ2) is 26.3. The van der Waals surface area contributed by atoms with Crippen LogP contribution in [0, 0.1) is 29.6 Å². The van der Waals surface area contributed by atoms with E-state index in [1.807, 2.05) is 73.5 Å². The van der Waals surface area contributed by atoms with Crippen LogP contribution in [0.15, 0.2) is 23.8 Å². The third-order valence-electron chi connectivity index (χ3n) is 15.9. The molecule has 21 atom stereocenters. The summed E-state index contributed by atoms with van der Waals surface area (Å²) in [7, 11) is 6.69. The molecule has 0 spiro atoms. The van der Waals surface area contributed by atoms with Gasteiger partial charge >= 0.3 is 5.97 Å². The first-order chi connectivity index (χ1) is 32.6. The molecule has 5 heterocycles. The zero-order chi connectivity index (χ0) is 50.9. The van der Waals surface area contributed by atoms with Crippen LogP contribution in [0.4, 0.5) is 0 Å². The van der Waals surface area contributed by atoms with Crippen molar-refractivity contribution in [3.05, 3.63) is 23.8 Å². The van der Waals surface area contributed by atoms with Gasteiger partial charge in [-0.05, 0) is 112 Å². The summed E-state index contributed by atoms with van der Waals surface area (Å²) in [6, 6.07) is -0.624. The van der Waals surface area contributed by atoms with Gasteiger partial charge in [0.1, 0.15) is 36.6 Å². The summed E-state index contributed by atoms with van der Waals surface area (Å²) < 4.78 is 56.2. The highest BCUT2D eigenvalue weighted by Crippen LogP contribution is 2.39. The number of aliphatic hydroxyl groups excluding tert-OH is 3. The molecule has 0 aromatic heterocycles. The van der Waals surface area contributed by atoms with E-state index in [2.05, 4.69) is 4.90 Å². The number of cyclic esters (lactones) is 1. The van der Waals surface area contributed by atoms with Gasteiger partial charge in [-0.3, -0.25) is 9.59 Å². The zero-order valence-corrected chi connectivity index (χ0v) is 43.9. The minimum absolute atomic E-state index is 0.0352. The summed E-state index contributed by atoms with van der Waals surface area (Å²) in [5.74, 6) is -2.72. The maximum absolute atomic E-state index is 14.1. The van der Waals surface area contributed by atoms with Gasteiger partial charge in [0.25, 0.3) is 0 Å². The lowest BCUT2D eigenvalue weighted by Gasteiger charge is -2.50. The number of rotatable bonds is 14. The number of hydrogen-bond acceptors (Lipinski definition) is 17. The molecule has 5 rings (SSSR count). The Morgan fingerprint density at radius 1 is 0.826 bits per heavy atom. The van der Waals surface area contributed by atoms with E-state index in [4.69, 9.17) is 42.6 Å². The monoisotopic (exact) mass is 983 g/mol. The standard InChI is InChI=1S/C52H90N2O15/c1-14-40-37(28-63-51-49(62-13)48(61-12)44(58)34(7)65-51)24-29(2)18-19-38(55)30(3)25-36(20-23-54-21-16-15-17-22-54)46(31(4)39(56)26-41(57)67-40)69-50-45(59)43(53(10)11)47(35(8)66-50)68-42-27-52(9,60)32(5)33(6)64-42/h18-19,24,30-37,39-40,42-51,56,58-60H,14-17,20-23,25-28H2,1-13H3/b19-18+,29-24+. The molecule has 4 saturated heterocycles. The maximum atomic E-state index is 14.1. The summed E-state index contributed by atoms with van der Waals surface area (Å²) in [5, 5.41) is 46.4. The Bertz CT molecular complexity index is 1660. The van der Waals surface area contributed by atoms with Gasteiger partial charge in [-0.1, -0.05) is 51.8 Å². The molecule has 17 heteroatoms. The molecule has 0 amide bonds. The van der Waals surface area contributed by atoms with Crippen molar-refractivity contribution in [3.8, 4) is 0 Å². The smallest absolute Gasteiger partial charge is 0.308 e. The highest BCUT2D eigenvalue weighted by molar-refractivity contribution is 5.91. The number of ether oxygens (including phenoxy) is 9. The first kappa shape index (κ1) is 58.0. The quantitative estimate of drug-likeness (QED) is 0.178. The topological polar surface area (TPSA) is 205 Å². The van der Waals surface area contributed by atoms with Crippen LogP contribution in [0.5, 0.6) is 0 Å². The van der Waals surface area contributed by atoms with Gasteiger partial charge in [-0.2, -0.15) is 0 Å². The van der Waals surface area contributed by atoms with Crippen molar-refractivity contribution in [1.29, 1.82) is 0 Å². The number of methoxy groups -OCH3 is 2. The number of hydrogen-bond donors (Lipinski definition) is 4. The molecule has 0 saturated carbocycles. The third kappa shape index (κ3) is 15.1. The number of likely N-dealkylation sites (tertiary alicyclic amines) is 1. The fourth-order valence-corrected chi connectivity index (χ4v) is 11.1. The molecule has 0 aromatic carbocycles. The number of likely N-dealkylation sites (N-methyl/N-ethyl adjacent to an activating group) is 1. The first-order valence-corrected chi connectivity index (χ1v) is 25.8. The molecule has 17 nitrogen and oxygen atoms in total. The molecule has 4 N–H and O–H groups in total. The highest BCUT2D eigenvalue weighted by atomic mass is 16.7. The maximum Gasteiger partial charge on any atom is 0.308 e. The number of esters is 1. The predicted molar refractivity (Wildman–Crippen MR) is 258 cm³/mol. The zero-order valence-electron chi connectivity index (χ0n) is 43.9. The van der Waals surface area contributed by atoms with Crippen LogP contribution in [0.2, 0.25) is 0 Å². The summed E-state index contributed by atoms with van der Waals surface area (Å²) >= 11 is 0. The Morgan fingerprint density at radius 2 is 1.49 bits per heavy atom. The number of allylic oxidation sites excluding steroid dienone is 3. The fraction of sp³-hybridized carbons (Fsp3) is 0.885. The van der Waals surface area contributed by atoms with Crippen molar-refractivity contribution < 1.29 is 72.6 Å². The minimum atomic E-state index is -1.24. The number of carbonyl (C=O) groups is 2. The molecule has 398 valence electrons. The van der Waals surface area contributed by atoms with Crippen LogP contribution in [0.1, 0.15) is 114 Å². The van der Waals surface area contributed by atoms with Crippen molar-refractivity contribution in [2.45, 2.75) is 211 Å². The molecule has 4 fully saturated rings. The van der Waals surface area contributed by atoms with Crippen molar-refractivity contribution >= 4 is 11.8 Å². The van der Waals surface area contributed by atoms with Gasteiger partial charge in [-0.25, -0.2) is 0 Å². The third-order valence-corrected chi connectivity index (χ3v) is 15.9. The second-order valence-corrected chi connectivity index (χ2v) is 21.4. The summed E-state index contributed by atoms with van der Waals surface area (Å²) in [4.78, 5) is 32.5. The molecule has 0 bridgehead atoms. The number of ketones is 1. The summed E-state index contributed by atoms with van der Waals surface area (Å²) in [6.45, 7) is 19.5. The lowest BCUT2D eigenvalue weighted by atomic mass is 9.79. The normalized spacial score (nSPS) is 45.2. The predicted octanol–water partition coefficient (Wildman–Crippen LogP) is 4.40. The van der Waals surface area contributed by atoms with Crippen LogP contribution < -0.4 is 0 Å². The van der Waals surface area contributed by atoms with Gasteiger partial charge in [0.2, 0.25) is 0 Å². The molecule has 5 aliphatic heterocycles. The van der Waals surface area contributed by atoms with Crippen LogP contribution in [-0.4, -0.2) is 194 Å². The second-order valence-electron chi connectivity index (χ2n) is 21.4. The Balaban J connectivity index is 1.44. The average molecular weight is 983 g/mol. The van der Waals surface area contributed by atoms with Crippen LogP contribution in [-0.2, 0) is 52.2 Å². The highest BCUT2D eigenvalue weighted by Gasteiger charge is 2.51. The van der Waals surface area contributed by atoms with Crippen molar-refractivity contribution in [2.24, 2.45) is 29.6 Å². The first-order valence-electron chi connectivity index (χ1n) is 25.8. The Hall–Kier alpha value is -1.94. The summed E-state index contributed by atoms with van der Waals surface area (Å²) in [5.41, 5.74) is -0.265. The van der Waals surface area contributed by atoms with E-state index >= 15 is 0 Å².